The third kappa shape index (κ3) is 4.11. The second kappa shape index (κ2) is 7.40. The van der Waals surface area contributed by atoms with E-state index in [1.165, 1.54) is 0 Å². The number of nitrogens with one attached hydrogen (secondary N) is 1. The van der Waals surface area contributed by atoms with E-state index >= 15 is 0 Å². The lowest BCUT2D eigenvalue weighted by Gasteiger charge is -2.28. The number of sulfonamides is 1. The van der Waals surface area contributed by atoms with Gasteiger partial charge in [0.2, 0.25) is 15.9 Å². The molecule has 3 aromatic rings. The standard InChI is InChI=1S/C21H22N2O3S/c1-15-8-6-11-18(14-15)23(27(3,25)26)16(2)21(24)22-20-13-7-10-17-9-4-5-12-19(17)20/h4-14,16H,1-3H3,(H,22,24)/t16-/m0/s1. The number of hydrogen-bond acceptors (Lipinski definition) is 3. The maximum Gasteiger partial charge on any atom is 0.248 e. The monoisotopic (exact) mass is 382 g/mol. The summed E-state index contributed by atoms with van der Waals surface area (Å²) < 4.78 is 26.0. The Hall–Kier alpha value is -2.86. The van der Waals surface area contributed by atoms with Crippen molar-refractivity contribution in [2.75, 3.05) is 15.9 Å². The van der Waals surface area contributed by atoms with E-state index in [4.69, 9.17) is 0 Å². The summed E-state index contributed by atoms with van der Waals surface area (Å²) in [6.07, 6.45) is 1.11. The van der Waals surface area contributed by atoms with Crippen LogP contribution in [0.2, 0.25) is 0 Å². The molecule has 0 aliphatic carbocycles. The first-order valence-corrected chi connectivity index (χ1v) is 10.5. The van der Waals surface area contributed by atoms with Crippen molar-refractivity contribution in [2.24, 2.45) is 0 Å². The van der Waals surface area contributed by atoms with Gasteiger partial charge in [-0.05, 0) is 43.0 Å². The molecule has 1 amide bonds. The van der Waals surface area contributed by atoms with Gasteiger partial charge in [-0.3, -0.25) is 9.10 Å². The number of amides is 1. The van der Waals surface area contributed by atoms with Crippen LogP contribution in [-0.4, -0.2) is 26.6 Å². The van der Waals surface area contributed by atoms with Crippen LogP contribution in [0.1, 0.15) is 12.5 Å². The molecule has 0 aromatic heterocycles. The van der Waals surface area contributed by atoms with E-state index in [0.29, 0.717) is 11.4 Å². The van der Waals surface area contributed by atoms with Gasteiger partial charge in [0, 0.05) is 11.1 Å². The highest BCUT2D eigenvalue weighted by Gasteiger charge is 2.29. The first-order chi connectivity index (χ1) is 12.8. The lowest BCUT2D eigenvalue weighted by molar-refractivity contribution is -0.116. The minimum atomic E-state index is -3.64. The van der Waals surface area contributed by atoms with E-state index in [2.05, 4.69) is 5.32 Å². The van der Waals surface area contributed by atoms with E-state index in [9.17, 15) is 13.2 Å². The Morgan fingerprint density at radius 2 is 1.67 bits per heavy atom. The van der Waals surface area contributed by atoms with E-state index in [-0.39, 0.29) is 0 Å². The zero-order valence-corrected chi connectivity index (χ0v) is 16.3. The summed E-state index contributed by atoms with van der Waals surface area (Å²) in [6, 6.07) is 19.5. The number of fused-ring (bicyclic) bond motifs is 1. The molecule has 0 radical (unpaired) electrons. The molecule has 0 saturated heterocycles. The molecule has 1 atom stereocenters. The maximum atomic E-state index is 12.9. The Morgan fingerprint density at radius 3 is 2.37 bits per heavy atom. The van der Waals surface area contributed by atoms with Crippen LogP contribution in [0, 0.1) is 6.92 Å². The Balaban J connectivity index is 1.94. The Morgan fingerprint density at radius 1 is 1.00 bits per heavy atom. The largest absolute Gasteiger partial charge is 0.324 e. The van der Waals surface area contributed by atoms with Gasteiger partial charge in [0.25, 0.3) is 0 Å². The van der Waals surface area contributed by atoms with Gasteiger partial charge in [-0.2, -0.15) is 0 Å². The van der Waals surface area contributed by atoms with Crippen molar-refractivity contribution in [3.05, 3.63) is 72.3 Å². The fourth-order valence-electron chi connectivity index (χ4n) is 3.15. The second-order valence-electron chi connectivity index (χ2n) is 6.59. The predicted octanol–water partition coefficient (Wildman–Crippen LogP) is 3.94. The second-order valence-corrected chi connectivity index (χ2v) is 8.45. The SMILES string of the molecule is Cc1cccc(N([C@@H](C)C(=O)Nc2cccc3ccccc23)S(C)(=O)=O)c1. The number of hydrogen-bond donors (Lipinski definition) is 1. The van der Waals surface area contributed by atoms with Crippen LogP contribution in [-0.2, 0) is 14.8 Å². The molecule has 5 nitrogen and oxygen atoms in total. The maximum absolute atomic E-state index is 12.9. The third-order valence-electron chi connectivity index (χ3n) is 4.39. The number of benzene rings is 3. The fourth-order valence-corrected chi connectivity index (χ4v) is 4.31. The topological polar surface area (TPSA) is 66.5 Å². The highest BCUT2D eigenvalue weighted by molar-refractivity contribution is 7.92. The quantitative estimate of drug-likeness (QED) is 0.727. The lowest BCUT2D eigenvalue weighted by Crippen LogP contribution is -2.45. The fraction of sp³-hybridized carbons (Fsp3) is 0.190. The Labute approximate surface area is 159 Å². The van der Waals surface area contributed by atoms with Gasteiger partial charge in [0.1, 0.15) is 6.04 Å². The smallest absolute Gasteiger partial charge is 0.248 e. The Bertz CT molecular complexity index is 1090. The number of rotatable bonds is 5. The van der Waals surface area contributed by atoms with Crippen LogP contribution in [0.25, 0.3) is 10.8 Å². The highest BCUT2D eigenvalue weighted by atomic mass is 32.2. The van der Waals surface area contributed by atoms with Crippen molar-refractivity contribution in [1.82, 2.24) is 0 Å². The zero-order valence-electron chi connectivity index (χ0n) is 15.5. The summed E-state index contributed by atoms with van der Waals surface area (Å²) in [7, 11) is -3.64. The van der Waals surface area contributed by atoms with Crippen LogP contribution in [0.3, 0.4) is 0 Å². The molecule has 0 spiro atoms. The van der Waals surface area contributed by atoms with Gasteiger partial charge < -0.3 is 5.32 Å². The number of nitrogens with zero attached hydrogens (tertiary/aromatic N) is 1. The number of anilines is 2. The summed E-state index contributed by atoms with van der Waals surface area (Å²) in [5, 5.41) is 4.78. The molecule has 0 aliphatic rings. The normalized spacial score (nSPS) is 12.6. The van der Waals surface area contributed by atoms with Crippen molar-refractivity contribution in [2.45, 2.75) is 19.9 Å². The van der Waals surface area contributed by atoms with Gasteiger partial charge in [-0.15, -0.1) is 0 Å². The van der Waals surface area contributed by atoms with Crippen LogP contribution >= 0.6 is 0 Å². The summed E-state index contributed by atoms with van der Waals surface area (Å²) in [5.41, 5.74) is 2.04. The van der Waals surface area contributed by atoms with Gasteiger partial charge >= 0.3 is 0 Å². The number of carbonyl (C=O) groups excluding carboxylic acids is 1. The van der Waals surface area contributed by atoms with Crippen molar-refractivity contribution >= 4 is 38.1 Å². The molecular weight excluding hydrogens is 360 g/mol. The highest BCUT2D eigenvalue weighted by Crippen LogP contribution is 2.25. The summed E-state index contributed by atoms with van der Waals surface area (Å²) in [4.78, 5) is 12.9. The van der Waals surface area contributed by atoms with Crippen molar-refractivity contribution in [1.29, 1.82) is 0 Å². The molecule has 0 bridgehead atoms. The molecule has 0 saturated carbocycles. The zero-order chi connectivity index (χ0) is 19.6. The molecular formula is C21H22N2O3S. The first-order valence-electron chi connectivity index (χ1n) is 8.62. The molecule has 0 fully saturated rings. The molecule has 27 heavy (non-hydrogen) atoms. The molecule has 0 aliphatic heterocycles. The molecule has 0 unspecified atom stereocenters. The average Bonchev–Trinajstić information content (AvgIpc) is 2.61. The molecule has 1 N–H and O–H groups in total. The van der Waals surface area contributed by atoms with E-state index in [1.807, 2.05) is 55.5 Å². The predicted molar refractivity (Wildman–Crippen MR) is 111 cm³/mol. The van der Waals surface area contributed by atoms with Crippen LogP contribution in [0.4, 0.5) is 11.4 Å². The number of carbonyl (C=O) groups is 1. The van der Waals surface area contributed by atoms with Crippen LogP contribution < -0.4 is 9.62 Å². The van der Waals surface area contributed by atoms with Crippen molar-refractivity contribution in [3.63, 3.8) is 0 Å². The van der Waals surface area contributed by atoms with Gasteiger partial charge in [-0.1, -0.05) is 48.5 Å². The minimum Gasteiger partial charge on any atom is -0.324 e. The number of aryl methyl sites for hydroxylation is 1. The summed E-state index contributed by atoms with van der Waals surface area (Å²) in [6.45, 7) is 3.47. The summed E-state index contributed by atoms with van der Waals surface area (Å²) >= 11 is 0. The molecule has 0 heterocycles. The van der Waals surface area contributed by atoms with Crippen LogP contribution in [0.5, 0.6) is 0 Å². The van der Waals surface area contributed by atoms with Gasteiger partial charge in [0.05, 0.1) is 11.9 Å². The van der Waals surface area contributed by atoms with Crippen LogP contribution in [0.15, 0.2) is 66.7 Å². The molecule has 3 aromatic carbocycles. The third-order valence-corrected chi connectivity index (χ3v) is 5.63. The molecule has 3 rings (SSSR count). The Kier molecular flexibility index (Phi) is 5.19. The average molecular weight is 382 g/mol. The van der Waals surface area contributed by atoms with E-state index < -0.39 is 22.0 Å². The van der Waals surface area contributed by atoms with Gasteiger partial charge in [-0.25, -0.2) is 8.42 Å². The first kappa shape index (κ1) is 18.9. The van der Waals surface area contributed by atoms with E-state index in [0.717, 1.165) is 26.9 Å². The van der Waals surface area contributed by atoms with Crippen molar-refractivity contribution < 1.29 is 13.2 Å². The van der Waals surface area contributed by atoms with Crippen molar-refractivity contribution in [3.8, 4) is 0 Å². The van der Waals surface area contributed by atoms with E-state index in [1.54, 1.807) is 25.1 Å². The summed E-state index contributed by atoms with van der Waals surface area (Å²) in [5.74, 6) is -0.390. The molecule has 140 valence electrons. The lowest BCUT2D eigenvalue weighted by atomic mass is 10.1. The van der Waals surface area contributed by atoms with Gasteiger partial charge in [0.15, 0.2) is 0 Å². The molecule has 6 heteroatoms. The minimum absolute atomic E-state index is 0.390.